The average molecular weight is 275 g/mol. The van der Waals surface area contributed by atoms with Crippen LogP contribution in [0.2, 0.25) is 0 Å². The lowest BCUT2D eigenvalue weighted by Crippen LogP contribution is -2.19. The molecule has 106 valence electrons. The summed E-state index contributed by atoms with van der Waals surface area (Å²) in [6.07, 6.45) is 1.00. The second-order valence-corrected chi connectivity index (χ2v) is 5.60. The maximum absolute atomic E-state index is 3.47. The molecule has 1 nitrogen and oxygen atoms in total. The fraction of sp³-hybridized carbons (Fsp3) is 0.200. The van der Waals surface area contributed by atoms with Gasteiger partial charge in [0.15, 0.2) is 0 Å². The van der Waals surface area contributed by atoms with Crippen LogP contribution in [0.1, 0.15) is 22.7 Å². The molecule has 1 heteroatoms. The molecule has 3 aromatic carbocycles. The maximum atomic E-state index is 3.47. The van der Waals surface area contributed by atoms with Gasteiger partial charge < -0.3 is 5.32 Å². The summed E-state index contributed by atoms with van der Waals surface area (Å²) >= 11 is 0. The molecule has 0 aromatic heterocycles. The Hall–Kier alpha value is -2.12. The Morgan fingerprint density at radius 3 is 2.33 bits per heavy atom. The van der Waals surface area contributed by atoms with Gasteiger partial charge in [-0.3, -0.25) is 0 Å². The van der Waals surface area contributed by atoms with Crippen molar-refractivity contribution in [1.82, 2.24) is 5.32 Å². The summed E-state index contributed by atoms with van der Waals surface area (Å²) in [5.74, 6) is 0. The third-order valence-corrected chi connectivity index (χ3v) is 4.11. The van der Waals surface area contributed by atoms with Crippen LogP contribution in [-0.2, 0) is 6.42 Å². The molecule has 0 amide bonds. The molecule has 0 bridgehead atoms. The Kier molecular flexibility index (Phi) is 4.03. The van der Waals surface area contributed by atoms with Crippen molar-refractivity contribution in [2.75, 3.05) is 7.05 Å². The smallest absolute Gasteiger partial charge is 0.0364 e. The van der Waals surface area contributed by atoms with Crippen LogP contribution in [0.25, 0.3) is 10.8 Å². The van der Waals surface area contributed by atoms with E-state index in [2.05, 4.69) is 79.0 Å². The zero-order valence-electron chi connectivity index (χ0n) is 12.6. The number of benzene rings is 3. The van der Waals surface area contributed by atoms with E-state index >= 15 is 0 Å². The van der Waals surface area contributed by atoms with Crippen molar-refractivity contribution in [3.05, 3.63) is 83.4 Å². The predicted molar refractivity (Wildman–Crippen MR) is 90.6 cm³/mol. The minimum absolute atomic E-state index is 0.332. The van der Waals surface area contributed by atoms with Gasteiger partial charge in [0.05, 0.1) is 0 Å². The molecular formula is C20H21N. The van der Waals surface area contributed by atoms with Crippen molar-refractivity contribution in [1.29, 1.82) is 0 Å². The van der Waals surface area contributed by atoms with Gasteiger partial charge in [0, 0.05) is 6.04 Å². The van der Waals surface area contributed by atoms with Crippen LogP contribution < -0.4 is 5.32 Å². The lowest BCUT2D eigenvalue weighted by atomic mass is 9.94. The topological polar surface area (TPSA) is 12.0 Å². The van der Waals surface area contributed by atoms with Crippen molar-refractivity contribution >= 4 is 10.8 Å². The van der Waals surface area contributed by atoms with Gasteiger partial charge in [-0.1, -0.05) is 72.3 Å². The minimum atomic E-state index is 0.332. The van der Waals surface area contributed by atoms with Crippen LogP contribution in [0.5, 0.6) is 0 Å². The number of nitrogens with one attached hydrogen (secondary N) is 1. The highest BCUT2D eigenvalue weighted by Crippen LogP contribution is 2.26. The molecule has 3 aromatic rings. The van der Waals surface area contributed by atoms with Crippen molar-refractivity contribution in [2.24, 2.45) is 0 Å². The van der Waals surface area contributed by atoms with E-state index in [9.17, 15) is 0 Å². The number of aryl methyl sites for hydroxylation is 1. The summed E-state index contributed by atoms with van der Waals surface area (Å²) in [6.45, 7) is 2.13. The zero-order chi connectivity index (χ0) is 14.7. The molecular weight excluding hydrogens is 254 g/mol. The fourth-order valence-corrected chi connectivity index (χ4v) is 2.88. The van der Waals surface area contributed by atoms with Crippen LogP contribution in [0.3, 0.4) is 0 Å². The third-order valence-electron chi connectivity index (χ3n) is 4.11. The highest BCUT2D eigenvalue weighted by molar-refractivity contribution is 5.86. The molecule has 1 N–H and O–H groups in total. The van der Waals surface area contributed by atoms with Crippen molar-refractivity contribution in [3.63, 3.8) is 0 Å². The molecule has 1 atom stereocenters. The van der Waals surface area contributed by atoms with Gasteiger partial charge in [0.1, 0.15) is 0 Å². The Morgan fingerprint density at radius 1 is 0.857 bits per heavy atom. The van der Waals surface area contributed by atoms with Crippen molar-refractivity contribution < 1.29 is 0 Å². The van der Waals surface area contributed by atoms with Crippen LogP contribution in [0, 0.1) is 6.92 Å². The van der Waals surface area contributed by atoms with Crippen LogP contribution in [0.15, 0.2) is 66.7 Å². The van der Waals surface area contributed by atoms with Gasteiger partial charge in [-0.2, -0.15) is 0 Å². The average Bonchev–Trinajstić information content (AvgIpc) is 2.54. The highest BCUT2D eigenvalue weighted by Gasteiger charge is 2.12. The van der Waals surface area contributed by atoms with E-state index in [1.54, 1.807) is 0 Å². The van der Waals surface area contributed by atoms with Crippen LogP contribution in [-0.4, -0.2) is 7.05 Å². The lowest BCUT2D eigenvalue weighted by molar-refractivity contribution is 0.596. The second kappa shape index (κ2) is 6.11. The van der Waals surface area contributed by atoms with Crippen LogP contribution in [0.4, 0.5) is 0 Å². The Bertz CT molecular complexity index is 723. The molecule has 0 aliphatic rings. The first-order valence-electron chi connectivity index (χ1n) is 7.48. The minimum Gasteiger partial charge on any atom is -0.313 e. The van der Waals surface area contributed by atoms with E-state index in [4.69, 9.17) is 0 Å². The van der Waals surface area contributed by atoms with E-state index in [0.717, 1.165) is 6.42 Å². The number of likely N-dealkylation sites (N-methyl/N-ethyl adjacent to an activating group) is 1. The van der Waals surface area contributed by atoms with Crippen molar-refractivity contribution in [2.45, 2.75) is 19.4 Å². The second-order valence-electron chi connectivity index (χ2n) is 5.60. The monoisotopic (exact) mass is 275 g/mol. The molecule has 0 spiro atoms. The van der Waals surface area contributed by atoms with Gasteiger partial charge in [0.2, 0.25) is 0 Å². The number of hydrogen-bond donors (Lipinski definition) is 1. The first-order valence-corrected chi connectivity index (χ1v) is 7.48. The number of hydrogen-bond acceptors (Lipinski definition) is 1. The third kappa shape index (κ3) is 2.98. The summed E-state index contributed by atoms with van der Waals surface area (Å²) in [4.78, 5) is 0. The number of fused-ring (bicyclic) bond motifs is 1. The van der Waals surface area contributed by atoms with E-state index in [1.807, 2.05) is 7.05 Å². The quantitative estimate of drug-likeness (QED) is 0.730. The zero-order valence-corrected chi connectivity index (χ0v) is 12.6. The van der Waals surface area contributed by atoms with Gasteiger partial charge in [-0.25, -0.2) is 0 Å². The standard InChI is InChI=1S/C20H21N/c1-15-10-12-16(13-11-15)14-20(21-2)19-9-5-7-17-6-3-4-8-18(17)19/h3-13,20-21H,14H2,1-2H3. The maximum Gasteiger partial charge on any atom is 0.0364 e. The van der Waals surface area contributed by atoms with E-state index in [1.165, 1.54) is 27.5 Å². The van der Waals surface area contributed by atoms with E-state index in [0.29, 0.717) is 6.04 Å². The summed E-state index contributed by atoms with van der Waals surface area (Å²) in [5.41, 5.74) is 4.05. The highest BCUT2D eigenvalue weighted by atomic mass is 14.9. The first kappa shape index (κ1) is 13.8. The molecule has 0 aliphatic heterocycles. The molecule has 0 saturated heterocycles. The Balaban J connectivity index is 1.96. The summed E-state index contributed by atoms with van der Waals surface area (Å²) in [5, 5.41) is 6.12. The largest absolute Gasteiger partial charge is 0.313 e. The molecule has 0 fully saturated rings. The molecule has 21 heavy (non-hydrogen) atoms. The van der Waals surface area contributed by atoms with Gasteiger partial charge in [0.25, 0.3) is 0 Å². The number of rotatable bonds is 4. The molecule has 0 aliphatic carbocycles. The van der Waals surface area contributed by atoms with Gasteiger partial charge in [-0.05, 0) is 42.3 Å². The molecule has 0 saturated carbocycles. The first-order chi connectivity index (χ1) is 10.3. The molecule has 0 radical (unpaired) electrons. The van der Waals surface area contributed by atoms with E-state index in [-0.39, 0.29) is 0 Å². The summed E-state index contributed by atoms with van der Waals surface area (Å²) in [6, 6.07) is 24.3. The predicted octanol–water partition coefficient (Wildman–Crippen LogP) is 4.65. The van der Waals surface area contributed by atoms with Crippen molar-refractivity contribution in [3.8, 4) is 0 Å². The summed E-state index contributed by atoms with van der Waals surface area (Å²) < 4.78 is 0. The Morgan fingerprint density at radius 2 is 1.57 bits per heavy atom. The molecule has 3 rings (SSSR count). The SMILES string of the molecule is CNC(Cc1ccc(C)cc1)c1cccc2ccccc12. The lowest BCUT2D eigenvalue weighted by Gasteiger charge is -2.19. The summed E-state index contributed by atoms with van der Waals surface area (Å²) in [7, 11) is 2.04. The fourth-order valence-electron chi connectivity index (χ4n) is 2.88. The normalized spacial score (nSPS) is 12.5. The van der Waals surface area contributed by atoms with Crippen LogP contribution >= 0.6 is 0 Å². The van der Waals surface area contributed by atoms with E-state index < -0.39 is 0 Å². The molecule has 0 heterocycles. The van der Waals surface area contributed by atoms with Gasteiger partial charge >= 0.3 is 0 Å². The Labute approximate surface area is 126 Å². The molecule has 1 unspecified atom stereocenters. The van der Waals surface area contributed by atoms with Gasteiger partial charge in [-0.15, -0.1) is 0 Å².